The Morgan fingerprint density at radius 3 is 2.33 bits per heavy atom. The molecular weight excluding hydrogens is 238 g/mol. The number of rotatable bonds is 5. The number of aryl methyl sites for hydroxylation is 2. The predicted octanol–water partition coefficient (Wildman–Crippen LogP) is 4.18. The third-order valence-electron chi connectivity index (χ3n) is 3.43. The van der Waals surface area contributed by atoms with Crippen molar-refractivity contribution in [2.45, 2.75) is 32.7 Å². The van der Waals surface area contributed by atoms with Crippen LogP contribution in [-0.2, 0) is 12.8 Å². The Balaban J connectivity index is 2.32. The van der Waals surface area contributed by atoms with Crippen molar-refractivity contribution in [3.63, 3.8) is 0 Å². The van der Waals surface area contributed by atoms with Gasteiger partial charge in [-0.25, -0.2) is 0 Å². The Labute approximate surface area is 114 Å². The smallest absolute Gasteiger partial charge is 0.0671 e. The van der Waals surface area contributed by atoms with Gasteiger partial charge >= 0.3 is 0 Å². The van der Waals surface area contributed by atoms with Crippen LogP contribution in [0.25, 0.3) is 0 Å². The summed E-state index contributed by atoms with van der Waals surface area (Å²) in [6.07, 6.45) is 2.20. The molecule has 0 aliphatic heterocycles. The van der Waals surface area contributed by atoms with Crippen molar-refractivity contribution in [3.05, 3.63) is 57.3 Å². The lowest BCUT2D eigenvalue weighted by atomic mass is 10.00. The topological polar surface area (TPSA) is 12.0 Å². The second-order valence-corrected chi connectivity index (χ2v) is 5.43. The van der Waals surface area contributed by atoms with Gasteiger partial charge in [0.1, 0.15) is 0 Å². The molecule has 0 aliphatic rings. The Kier molecular flexibility index (Phi) is 4.56. The Morgan fingerprint density at radius 2 is 1.78 bits per heavy atom. The molecule has 1 aromatic carbocycles. The second kappa shape index (κ2) is 6.17. The van der Waals surface area contributed by atoms with Crippen LogP contribution in [0, 0.1) is 0 Å². The van der Waals surface area contributed by atoms with Crippen LogP contribution in [-0.4, -0.2) is 7.05 Å². The van der Waals surface area contributed by atoms with E-state index in [9.17, 15) is 0 Å². The average Bonchev–Trinajstić information content (AvgIpc) is 2.89. The molecule has 0 saturated carbocycles. The summed E-state index contributed by atoms with van der Waals surface area (Å²) in [6, 6.07) is 11.5. The van der Waals surface area contributed by atoms with E-state index in [1.54, 1.807) is 0 Å². The first-order valence-electron chi connectivity index (χ1n) is 6.62. The molecule has 1 nitrogen and oxygen atoms in total. The minimum atomic E-state index is 0.325. The van der Waals surface area contributed by atoms with Gasteiger partial charge in [0.05, 0.1) is 6.04 Å². The van der Waals surface area contributed by atoms with Gasteiger partial charge in [-0.15, -0.1) is 11.3 Å². The molecule has 1 atom stereocenters. The normalized spacial score (nSPS) is 12.6. The van der Waals surface area contributed by atoms with E-state index in [4.69, 9.17) is 0 Å². The maximum atomic E-state index is 3.44. The molecular formula is C16H21NS. The van der Waals surface area contributed by atoms with Crippen LogP contribution < -0.4 is 5.32 Å². The van der Waals surface area contributed by atoms with E-state index >= 15 is 0 Å². The third kappa shape index (κ3) is 2.65. The molecule has 0 spiro atoms. The Morgan fingerprint density at radius 1 is 1.06 bits per heavy atom. The van der Waals surface area contributed by atoms with Gasteiger partial charge in [0, 0.05) is 4.88 Å². The van der Waals surface area contributed by atoms with Gasteiger partial charge in [-0.3, -0.25) is 0 Å². The Hall–Kier alpha value is -1.12. The standard InChI is InChI=1S/C16H21NS/c1-4-12-6-8-14(9-7-12)15(17-3)16-13(5-2)10-11-18-16/h6-11,15,17H,4-5H2,1-3H3. The summed E-state index contributed by atoms with van der Waals surface area (Å²) in [7, 11) is 2.04. The highest BCUT2D eigenvalue weighted by Gasteiger charge is 2.16. The van der Waals surface area contributed by atoms with Crippen molar-refractivity contribution in [2.24, 2.45) is 0 Å². The van der Waals surface area contributed by atoms with Gasteiger partial charge in [-0.05, 0) is 48.0 Å². The van der Waals surface area contributed by atoms with E-state index in [0.717, 1.165) is 12.8 Å². The molecule has 18 heavy (non-hydrogen) atoms. The van der Waals surface area contributed by atoms with Crippen LogP contribution in [0.15, 0.2) is 35.7 Å². The summed E-state index contributed by atoms with van der Waals surface area (Å²) in [4.78, 5) is 1.45. The highest BCUT2D eigenvalue weighted by molar-refractivity contribution is 7.10. The van der Waals surface area contributed by atoms with Gasteiger partial charge in [0.2, 0.25) is 0 Å². The fourth-order valence-corrected chi connectivity index (χ4v) is 3.42. The molecule has 0 fully saturated rings. The molecule has 96 valence electrons. The second-order valence-electron chi connectivity index (χ2n) is 4.48. The van der Waals surface area contributed by atoms with E-state index in [-0.39, 0.29) is 0 Å². The highest BCUT2D eigenvalue weighted by Crippen LogP contribution is 2.30. The molecule has 1 unspecified atom stereocenters. The van der Waals surface area contributed by atoms with Crippen LogP contribution in [0.3, 0.4) is 0 Å². The molecule has 0 bridgehead atoms. The summed E-state index contributed by atoms with van der Waals surface area (Å²) in [5, 5.41) is 5.64. The number of hydrogen-bond donors (Lipinski definition) is 1. The van der Waals surface area contributed by atoms with Gasteiger partial charge < -0.3 is 5.32 Å². The van der Waals surface area contributed by atoms with Crippen molar-refractivity contribution >= 4 is 11.3 Å². The molecule has 0 aliphatic carbocycles. The van der Waals surface area contributed by atoms with Crippen LogP contribution in [0.1, 0.15) is 41.5 Å². The minimum Gasteiger partial charge on any atom is -0.309 e. The molecule has 1 N–H and O–H groups in total. The van der Waals surface area contributed by atoms with Crippen molar-refractivity contribution < 1.29 is 0 Å². The minimum absolute atomic E-state index is 0.325. The molecule has 0 saturated heterocycles. The number of benzene rings is 1. The molecule has 2 heteroatoms. The molecule has 0 amide bonds. The zero-order valence-corrected chi connectivity index (χ0v) is 12.2. The van der Waals surface area contributed by atoms with Crippen LogP contribution in [0.4, 0.5) is 0 Å². The van der Waals surface area contributed by atoms with Gasteiger partial charge in [-0.1, -0.05) is 38.1 Å². The lowest BCUT2D eigenvalue weighted by Gasteiger charge is -2.17. The quantitative estimate of drug-likeness (QED) is 0.849. The fraction of sp³-hybridized carbons (Fsp3) is 0.375. The van der Waals surface area contributed by atoms with Crippen molar-refractivity contribution in [1.82, 2.24) is 5.32 Å². The zero-order valence-electron chi connectivity index (χ0n) is 11.4. The van der Waals surface area contributed by atoms with E-state index in [1.165, 1.54) is 21.6 Å². The molecule has 1 heterocycles. The SMILES string of the molecule is CCc1ccc(C(NC)c2sccc2CC)cc1. The maximum Gasteiger partial charge on any atom is 0.0671 e. The zero-order chi connectivity index (χ0) is 13.0. The summed E-state index contributed by atoms with van der Waals surface area (Å²) in [5.74, 6) is 0. The van der Waals surface area contributed by atoms with Crippen molar-refractivity contribution in [2.75, 3.05) is 7.05 Å². The van der Waals surface area contributed by atoms with E-state index in [0.29, 0.717) is 6.04 Å². The first kappa shape index (κ1) is 13.3. The Bertz CT molecular complexity index is 484. The van der Waals surface area contributed by atoms with Crippen LogP contribution in [0.2, 0.25) is 0 Å². The first-order chi connectivity index (χ1) is 8.80. The largest absolute Gasteiger partial charge is 0.309 e. The van der Waals surface area contributed by atoms with E-state index < -0.39 is 0 Å². The van der Waals surface area contributed by atoms with E-state index in [2.05, 4.69) is 54.9 Å². The summed E-state index contributed by atoms with van der Waals surface area (Å²) >= 11 is 1.85. The van der Waals surface area contributed by atoms with E-state index in [1.807, 2.05) is 18.4 Å². The summed E-state index contributed by atoms with van der Waals surface area (Å²) in [5.41, 5.74) is 4.21. The van der Waals surface area contributed by atoms with Gasteiger partial charge in [-0.2, -0.15) is 0 Å². The molecule has 2 rings (SSSR count). The predicted molar refractivity (Wildman–Crippen MR) is 80.4 cm³/mol. The third-order valence-corrected chi connectivity index (χ3v) is 4.46. The van der Waals surface area contributed by atoms with Crippen molar-refractivity contribution in [3.8, 4) is 0 Å². The summed E-state index contributed by atoms with van der Waals surface area (Å²) in [6.45, 7) is 4.41. The number of nitrogens with one attached hydrogen (secondary N) is 1. The van der Waals surface area contributed by atoms with Gasteiger partial charge in [0.25, 0.3) is 0 Å². The van der Waals surface area contributed by atoms with Crippen molar-refractivity contribution in [1.29, 1.82) is 0 Å². The number of hydrogen-bond acceptors (Lipinski definition) is 2. The maximum absolute atomic E-state index is 3.44. The fourth-order valence-electron chi connectivity index (χ4n) is 2.29. The van der Waals surface area contributed by atoms with Crippen LogP contribution in [0.5, 0.6) is 0 Å². The monoisotopic (exact) mass is 259 g/mol. The van der Waals surface area contributed by atoms with Crippen LogP contribution >= 0.6 is 11.3 Å². The van der Waals surface area contributed by atoms with Gasteiger partial charge in [0.15, 0.2) is 0 Å². The highest BCUT2D eigenvalue weighted by atomic mass is 32.1. The lowest BCUT2D eigenvalue weighted by Crippen LogP contribution is -2.17. The lowest BCUT2D eigenvalue weighted by molar-refractivity contribution is 0.697. The summed E-state index contributed by atoms with van der Waals surface area (Å²) < 4.78 is 0. The average molecular weight is 259 g/mol. The molecule has 1 aromatic heterocycles. The molecule has 2 aromatic rings. The number of thiophene rings is 1. The molecule has 0 radical (unpaired) electrons. The first-order valence-corrected chi connectivity index (χ1v) is 7.50.